The van der Waals surface area contributed by atoms with Gasteiger partial charge in [-0.1, -0.05) is 30.5 Å². The van der Waals surface area contributed by atoms with Crippen LogP contribution in [0, 0.1) is 20.8 Å². The first-order valence-corrected chi connectivity index (χ1v) is 6.49. The summed E-state index contributed by atoms with van der Waals surface area (Å²) in [6.07, 6.45) is 5.38. The zero-order chi connectivity index (χ0) is 11.5. The van der Waals surface area contributed by atoms with E-state index in [-0.39, 0.29) is 0 Å². The second-order valence-corrected chi connectivity index (χ2v) is 5.17. The van der Waals surface area contributed by atoms with Crippen molar-refractivity contribution in [2.24, 2.45) is 0 Å². The van der Waals surface area contributed by atoms with E-state index in [0.717, 1.165) is 0 Å². The van der Waals surface area contributed by atoms with E-state index in [0.29, 0.717) is 6.04 Å². The van der Waals surface area contributed by atoms with Crippen LogP contribution in [-0.2, 0) is 0 Å². The zero-order valence-electron chi connectivity index (χ0n) is 10.8. The lowest BCUT2D eigenvalue weighted by Crippen LogP contribution is -2.22. The Kier molecular flexibility index (Phi) is 3.65. The smallest absolute Gasteiger partial charge is 0.0325 e. The molecule has 1 unspecified atom stereocenters. The van der Waals surface area contributed by atoms with Crippen LogP contribution < -0.4 is 5.32 Å². The van der Waals surface area contributed by atoms with Crippen LogP contribution in [-0.4, -0.2) is 6.54 Å². The van der Waals surface area contributed by atoms with E-state index >= 15 is 0 Å². The van der Waals surface area contributed by atoms with E-state index in [1.54, 1.807) is 5.56 Å². The highest BCUT2D eigenvalue weighted by molar-refractivity contribution is 5.39. The summed E-state index contributed by atoms with van der Waals surface area (Å²) in [7, 11) is 0. The summed E-state index contributed by atoms with van der Waals surface area (Å²) >= 11 is 0. The molecule has 1 aromatic rings. The minimum atomic E-state index is 0.586. The third-order valence-corrected chi connectivity index (χ3v) is 3.65. The number of nitrogens with one attached hydrogen (secondary N) is 1. The highest BCUT2D eigenvalue weighted by atomic mass is 14.9. The molecule has 0 saturated carbocycles. The summed E-state index contributed by atoms with van der Waals surface area (Å²) in [5, 5.41) is 3.70. The third kappa shape index (κ3) is 2.46. The van der Waals surface area contributed by atoms with Crippen LogP contribution in [0.25, 0.3) is 0 Å². The first kappa shape index (κ1) is 11.7. The van der Waals surface area contributed by atoms with E-state index in [1.165, 1.54) is 48.9 Å². The van der Waals surface area contributed by atoms with E-state index in [2.05, 4.69) is 38.2 Å². The standard InChI is InChI=1S/C15H23N/c1-11-9-12(2)15(13(3)10-11)14-7-5-4-6-8-16-14/h9-10,14,16H,4-8H2,1-3H3. The van der Waals surface area contributed by atoms with Crippen molar-refractivity contribution in [3.8, 4) is 0 Å². The summed E-state index contributed by atoms with van der Waals surface area (Å²) in [5.41, 5.74) is 5.84. The third-order valence-electron chi connectivity index (χ3n) is 3.65. The maximum absolute atomic E-state index is 3.70. The molecule has 1 fully saturated rings. The van der Waals surface area contributed by atoms with Crippen molar-refractivity contribution in [3.63, 3.8) is 0 Å². The molecule has 0 radical (unpaired) electrons. The molecule has 1 aliphatic rings. The molecule has 1 aromatic carbocycles. The topological polar surface area (TPSA) is 12.0 Å². The Bertz CT molecular complexity index is 337. The Morgan fingerprint density at radius 3 is 2.38 bits per heavy atom. The summed E-state index contributed by atoms with van der Waals surface area (Å²) in [6.45, 7) is 7.87. The molecule has 1 saturated heterocycles. The van der Waals surface area contributed by atoms with Crippen molar-refractivity contribution < 1.29 is 0 Å². The van der Waals surface area contributed by atoms with Gasteiger partial charge in [0.05, 0.1) is 0 Å². The van der Waals surface area contributed by atoms with Gasteiger partial charge in [0.25, 0.3) is 0 Å². The first-order valence-electron chi connectivity index (χ1n) is 6.49. The van der Waals surface area contributed by atoms with Gasteiger partial charge in [-0.25, -0.2) is 0 Å². The SMILES string of the molecule is Cc1cc(C)c(C2CCCCCN2)c(C)c1. The Hall–Kier alpha value is -0.820. The predicted octanol–water partition coefficient (Wildman–Crippen LogP) is 3.82. The van der Waals surface area contributed by atoms with E-state index in [1.807, 2.05) is 0 Å². The average molecular weight is 217 g/mol. The molecule has 16 heavy (non-hydrogen) atoms. The fourth-order valence-corrected chi connectivity index (χ4v) is 3.02. The Morgan fingerprint density at radius 2 is 1.69 bits per heavy atom. The molecule has 88 valence electrons. The molecule has 1 atom stereocenters. The molecule has 0 aliphatic carbocycles. The van der Waals surface area contributed by atoms with Crippen molar-refractivity contribution in [2.75, 3.05) is 6.54 Å². The van der Waals surface area contributed by atoms with Gasteiger partial charge in [0.1, 0.15) is 0 Å². The summed E-state index contributed by atoms with van der Waals surface area (Å²) < 4.78 is 0. The highest BCUT2D eigenvalue weighted by Crippen LogP contribution is 2.28. The van der Waals surface area contributed by atoms with Crippen molar-refractivity contribution in [1.82, 2.24) is 5.32 Å². The minimum absolute atomic E-state index is 0.586. The number of rotatable bonds is 1. The van der Waals surface area contributed by atoms with Gasteiger partial charge in [-0.05, 0) is 56.8 Å². The van der Waals surface area contributed by atoms with Gasteiger partial charge >= 0.3 is 0 Å². The van der Waals surface area contributed by atoms with E-state index in [4.69, 9.17) is 0 Å². The normalized spacial score (nSPS) is 21.8. The molecular formula is C15H23N. The lowest BCUT2D eigenvalue weighted by Gasteiger charge is -2.21. The number of hydrogen-bond donors (Lipinski definition) is 1. The van der Waals surface area contributed by atoms with E-state index < -0.39 is 0 Å². The number of benzene rings is 1. The van der Waals surface area contributed by atoms with Crippen LogP contribution in [0.5, 0.6) is 0 Å². The second kappa shape index (κ2) is 5.01. The molecule has 1 heterocycles. The van der Waals surface area contributed by atoms with Gasteiger partial charge in [0.2, 0.25) is 0 Å². The lowest BCUT2D eigenvalue weighted by molar-refractivity contribution is 0.530. The Labute approximate surface area is 99.3 Å². The largest absolute Gasteiger partial charge is 0.310 e. The molecule has 2 rings (SSSR count). The summed E-state index contributed by atoms with van der Waals surface area (Å²) in [6, 6.07) is 5.21. The molecule has 0 bridgehead atoms. The first-order chi connectivity index (χ1) is 7.68. The van der Waals surface area contributed by atoms with Gasteiger partial charge in [0, 0.05) is 6.04 Å². The number of aryl methyl sites for hydroxylation is 3. The maximum Gasteiger partial charge on any atom is 0.0325 e. The molecule has 0 amide bonds. The van der Waals surface area contributed by atoms with Crippen molar-refractivity contribution in [1.29, 1.82) is 0 Å². The molecule has 1 N–H and O–H groups in total. The molecule has 1 aliphatic heterocycles. The van der Waals surface area contributed by atoms with Crippen LogP contribution in [0.3, 0.4) is 0 Å². The van der Waals surface area contributed by atoms with Gasteiger partial charge in [-0.2, -0.15) is 0 Å². The van der Waals surface area contributed by atoms with Gasteiger partial charge < -0.3 is 5.32 Å². The number of hydrogen-bond acceptors (Lipinski definition) is 1. The summed E-state index contributed by atoms with van der Waals surface area (Å²) in [5.74, 6) is 0. The van der Waals surface area contributed by atoms with Crippen LogP contribution in [0.15, 0.2) is 12.1 Å². The van der Waals surface area contributed by atoms with E-state index in [9.17, 15) is 0 Å². The molecule has 0 aromatic heterocycles. The van der Waals surface area contributed by atoms with Gasteiger partial charge in [-0.3, -0.25) is 0 Å². The van der Waals surface area contributed by atoms with Gasteiger partial charge in [-0.15, -0.1) is 0 Å². The molecule has 0 spiro atoms. The van der Waals surface area contributed by atoms with Gasteiger partial charge in [0.15, 0.2) is 0 Å². The minimum Gasteiger partial charge on any atom is -0.310 e. The average Bonchev–Trinajstić information content (AvgIpc) is 2.44. The second-order valence-electron chi connectivity index (χ2n) is 5.17. The van der Waals surface area contributed by atoms with Crippen molar-refractivity contribution in [2.45, 2.75) is 52.5 Å². The van der Waals surface area contributed by atoms with Crippen molar-refractivity contribution >= 4 is 0 Å². The van der Waals surface area contributed by atoms with Crippen LogP contribution >= 0.6 is 0 Å². The predicted molar refractivity (Wildman–Crippen MR) is 69.9 cm³/mol. The zero-order valence-corrected chi connectivity index (χ0v) is 10.8. The highest BCUT2D eigenvalue weighted by Gasteiger charge is 2.17. The monoisotopic (exact) mass is 217 g/mol. The maximum atomic E-state index is 3.70. The fraction of sp³-hybridized carbons (Fsp3) is 0.600. The fourth-order valence-electron chi connectivity index (χ4n) is 3.02. The summed E-state index contributed by atoms with van der Waals surface area (Å²) in [4.78, 5) is 0. The quantitative estimate of drug-likeness (QED) is 0.754. The van der Waals surface area contributed by atoms with Crippen LogP contribution in [0.4, 0.5) is 0 Å². The lowest BCUT2D eigenvalue weighted by atomic mass is 9.92. The van der Waals surface area contributed by atoms with Crippen molar-refractivity contribution in [3.05, 3.63) is 34.4 Å². The molecular weight excluding hydrogens is 194 g/mol. The molecule has 1 nitrogen and oxygen atoms in total. The van der Waals surface area contributed by atoms with Crippen LogP contribution in [0.1, 0.15) is 54.0 Å². The van der Waals surface area contributed by atoms with Crippen LogP contribution in [0.2, 0.25) is 0 Å². The Balaban J connectivity index is 2.31. The Morgan fingerprint density at radius 1 is 1.00 bits per heavy atom. The molecule has 1 heteroatoms.